The summed E-state index contributed by atoms with van der Waals surface area (Å²) in [4.78, 5) is 12.7. The Morgan fingerprint density at radius 3 is 2.50 bits per heavy atom. The van der Waals surface area contributed by atoms with Gasteiger partial charge in [0, 0.05) is 29.9 Å². The number of nitrogens with zero attached hydrogens (tertiary/aromatic N) is 3. The molecule has 8 heteroatoms. The average molecular weight is 427 g/mol. The molecule has 0 bridgehead atoms. The number of aromatic nitrogens is 2. The van der Waals surface area contributed by atoms with Gasteiger partial charge in [0.2, 0.25) is 0 Å². The average Bonchev–Trinajstić information content (AvgIpc) is 3.18. The minimum absolute atomic E-state index is 0.251. The van der Waals surface area contributed by atoms with Crippen LogP contribution in [0.3, 0.4) is 0 Å². The molecule has 0 aliphatic heterocycles. The second-order valence-electron chi connectivity index (χ2n) is 7.47. The summed E-state index contributed by atoms with van der Waals surface area (Å²) in [5.74, 6) is -0.263. The third-order valence-corrected chi connectivity index (χ3v) is 5.47. The van der Waals surface area contributed by atoms with E-state index in [1.54, 1.807) is 36.5 Å². The molecule has 3 rings (SSSR count). The molecule has 3 aromatic rings. The highest BCUT2D eigenvalue weighted by atomic mass is 32.2. The van der Waals surface area contributed by atoms with Gasteiger partial charge in [-0.25, -0.2) is 8.51 Å². The smallest absolute Gasteiger partial charge is 0.266 e. The summed E-state index contributed by atoms with van der Waals surface area (Å²) in [6.07, 6.45) is 3.63. The number of anilines is 2. The maximum Gasteiger partial charge on any atom is 0.266 e. The number of rotatable bonds is 7. The van der Waals surface area contributed by atoms with Crippen molar-refractivity contribution in [2.45, 2.75) is 40.3 Å². The maximum absolute atomic E-state index is 12.7. The first-order valence-electron chi connectivity index (χ1n) is 9.66. The second-order valence-corrected chi connectivity index (χ2v) is 8.29. The van der Waals surface area contributed by atoms with Gasteiger partial charge in [-0.1, -0.05) is 23.8 Å². The van der Waals surface area contributed by atoms with Crippen LogP contribution in [0, 0.1) is 13.8 Å². The number of hydrogen-bond donors (Lipinski definition) is 2. The fraction of sp³-hybridized carbons (Fsp3) is 0.273. The molecule has 2 N–H and O–H groups in total. The Morgan fingerprint density at radius 1 is 1.20 bits per heavy atom. The summed E-state index contributed by atoms with van der Waals surface area (Å²) in [7, 11) is 0. The highest BCUT2D eigenvalue weighted by molar-refractivity contribution is 7.81. The van der Waals surface area contributed by atoms with Gasteiger partial charge in [-0.05, 0) is 57.5 Å². The van der Waals surface area contributed by atoms with E-state index in [1.807, 2.05) is 50.7 Å². The molecule has 0 aliphatic rings. The number of amides is 1. The topological polar surface area (TPSA) is 87.5 Å². The molecular weight excluding hydrogens is 400 g/mol. The highest BCUT2D eigenvalue weighted by Crippen LogP contribution is 2.31. The fourth-order valence-corrected chi connectivity index (χ4v) is 3.67. The molecule has 1 aromatic heterocycles. The number of carbonyl (C=O) groups excluding carboxylic acids is 1. The lowest BCUT2D eigenvalue weighted by Gasteiger charge is -2.22. The molecule has 1 amide bonds. The van der Waals surface area contributed by atoms with Gasteiger partial charge in [-0.15, -0.1) is 0 Å². The van der Waals surface area contributed by atoms with Crippen LogP contribution in [-0.2, 0) is 17.8 Å². The SMILES string of the molecule is Cc1ccc(N(c2cc(C(=O)NCc3cnn(C(C)C)c3)ccc2C)S(=O)O)cc1. The Hall–Kier alpha value is -2.97. The number of carbonyl (C=O) groups is 1. The molecule has 0 radical (unpaired) electrons. The van der Waals surface area contributed by atoms with Gasteiger partial charge in [0.1, 0.15) is 0 Å². The van der Waals surface area contributed by atoms with Gasteiger partial charge in [-0.3, -0.25) is 14.0 Å². The van der Waals surface area contributed by atoms with Crippen molar-refractivity contribution in [1.29, 1.82) is 0 Å². The lowest BCUT2D eigenvalue weighted by atomic mass is 10.1. The zero-order chi connectivity index (χ0) is 21.8. The first kappa shape index (κ1) is 21.7. The molecule has 0 saturated heterocycles. The predicted octanol–water partition coefficient (Wildman–Crippen LogP) is 4.29. The van der Waals surface area contributed by atoms with E-state index >= 15 is 0 Å². The van der Waals surface area contributed by atoms with E-state index in [9.17, 15) is 13.6 Å². The van der Waals surface area contributed by atoms with E-state index in [-0.39, 0.29) is 11.9 Å². The third kappa shape index (κ3) is 4.95. The summed E-state index contributed by atoms with van der Waals surface area (Å²) in [6.45, 7) is 8.21. The largest absolute Gasteiger partial charge is 0.348 e. The zero-order valence-corrected chi connectivity index (χ0v) is 18.3. The standard InChI is InChI=1S/C22H26N4O3S/c1-15(2)25-14-18(13-24-25)12-23-22(27)19-8-7-17(4)21(11-19)26(30(28)29)20-9-5-16(3)6-10-20/h5-11,13-15H,12H2,1-4H3,(H,23,27)(H,28,29). The molecular formula is C22H26N4O3S. The molecule has 1 heterocycles. The number of aryl methyl sites for hydroxylation is 2. The normalized spacial score (nSPS) is 12.1. The summed E-state index contributed by atoms with van der Waals surface area (Å²) in [6, 6.07) is 12.7. The molecule has 1 unspecified atom stereocenters. The lowest BCUT2D eigenvalue weighted by molar-refractivity contribution is 0.0951. The molecule has 1 atom stereocenters. The van der Waals surface area contributed by atoms with Crippen molar-refractivity contribution < 1.29 is 13.6 Å². The van der Waals surface area contributed by atoms with Gasteiger partial charge in [0.25, 0.3) is 17.2 Å². The summed E-state index contributed by atoms with van der Waals surface area (Å²) in [5.41, 5.74) is 4.22. The van der Waals surface area contributed by atoms with E-state index < -0.39 is 11.3 Å². The van der Waals surface area contributed by atoms with Crippen molar-refractivity contribution in [3.05, 3.63) is 77.1 Å². The van der Waals surface area contributed by atoms with E-state index in [4.69, 9.17) is 0 Å². The van der Waals surface area contributed by atoms with Crippen LogP contribution >= 0.6 is 0 Å². The Bertz CT molecular complexity index is 1060. The van der Waals surface area contributed by atoms with Crippen LogP contribution in [0.5, 0.6) is 0 Å². The van der Waals surface area contributed by atoms with Crippen LogP contribution < -0.4 is 9.62 Å². The van der Waals surface area contributed by atoms with E-state index in [0.717, 1.165) is 16.7 Å². The van der Waals surface area contributed by atoms with Crippen LogP contribution in [0.25, 0.3) is 0 Å². The predicted molar refractivity (Wildman–Crippen MR) is 119 cm³/mol. The second kappa shape index (κ2) is 9.23. The molecule has 0 spiro atoms. The zero-order valence-electron chi connectivity index (χ0n) is 17.5. The van der Waals surface area contributed by atoms with Crippen molar-refractivity contribution >= 4 is 28.5 Å². The van der Waals surface area contributed by atoms with Crippen LogP contribution in [-0.4, -0.2) is 24.4 Å². The Kier molecular flexibility index (Phi) is 6.69. The monoisotopic (exact) mass is 426 g/mol. The number of hydrogen-bond acceptors (Lipinski definition) is 3. The summed E-state index contributed by atoms with van der Waals surface area (Å²) in [5, 5.41) is 7.15. The molecule has 7 nitrogen and oxygen atoms in total. The summed E-state index contributed by atoms with van der Waals surface area (Å²) >= 11 is -2.29. The van der Waals surface area contributed by atoms with Crippen molar-refractivity contribution in [1.82, 2.24) is 15.1 Å². The van der Waals surface area contributed by atoms with E-state index in [1.165, 1.54) is 4.31 Å². The minimum atomic E-state index is -2.29. The Morgan fingerprint density at radius 2 is 1.90 bits per heavy atom. The quantitative estimate of drug-likeness (QED) is 0.552. The van der Waals surface area contributed by atoms with Crippen molar-refractivity contribution in [3.63, 3.8) is 0 Å². The van der Waals surface area contributed by atoms with Gasteiger partial charge >= 0.3 is 0 Å². The van der Waals surface area contributed by atoms with Gasteiger partial charge in [0.15, 0.2) is 0 Å². The van der Waals surface area contributed by atoms with Crippen LogP contribution in [0.15, 0.2) is 54.9 Å². The number of benzene rings is 2. The van der Waals surface area contributed by atoms with E-state index in [0.29, 0.717) is 23.5 Å². The van der Waals surface area contributed by atoms with Crippen LogP contribution in [0.1, 0.15) is 46.9 Å². The Labute approximate surface area is 179 Å². The maximum atomic E-state index is 12.7. The Balaban J connectivity index is 1.83. The molecule has 0 fully saturated rings. The van der Waals surface area contributed by atoms with Crippen molar-refractivity contribution in [2.24, 2.45) is 0 Å². The molecule has 30 heavy (non-hydrogen) atoms. The minimum Gasteiger partial charge on any atom is -0.348 e. The van der Waals surface area contributed by atoms with Gasteiger partial charge in [0.05, 0.1) is 17.6 Å². The first-order valence-corrected chi connectivity index (χ1v) is 10.7. The van der Waals surface area contributed by atoms with Crippen molar-refractivity contribution in [3.8, 4) is 0 Å². The molecule has 0 aliphatic carbocycles. The van der Waals surface area contributed by atoms with Gasteiger partial charge in [-0.2, -0.15) is 5.10 Å². The summed E-state index contributed by atoms with van der Waals surface area (Å²) < 4.78 is 25.2. The number of nitrogens with one attached hydrogen (secondary N) is 1. The van der Waals surface area contributed by atoms with Crippen LogP contribution in [0.4, 0.5) is 11.4 Å². The fourth-order valence-electron chi connectivity index (χ4n) is 3.00. The third-order valence-electron chi connectivity index (χ3n) is 4.75. The van der Waals surface area contributed by atoms with Crippen LogP contribution in [0.2, 0.25) is 0 Å². The first-order chi connectivity index (χ1) is 14.3. The molecule has 158 valence electrons. The molecule has 0 saturated carbocycles. The molecule has 2 aromatic carbocycles. The van der Waals surface area contributed by atoms with Gasteiger partial charge < -0.3 is 5.32 Å². The van der Waals surface area contributed by atoms with E-state index in [2.05, 4.69) is 10.4 Å². The lowest BCUT2D eigenvalue weighted by Crippen LogP contribution is -2.24. The highest BCUT2D eigenvalue weighted by Gasteiger charge is 2.19. The van der Waals surface area contributed by atoms with Crippen molar-refractivity contribution in [2.75, 3.05) is 4.31 Å².